The molecule has 3 rings (SSSR count). The molecule has 0 aliphatic carbocycles. The summed E-state index contributed by atoms with van der Waals surface area (Å²) < 4.78 is 10.9. The van der Waals surface area contributed by atoms with Crippen LogP contribution in [-0.4, -0.2) is 6.61 Å². The molecule has 3 nitrogen and oxygen atoms in total. The number of benzene rings is 1. The van der Waals surface area contributed by atoms with Crippen LogP contribution in [0.4, 0.5) is 0 Å². The van der Waals surface area contributed by atoms with Crippen LogP contribution in [0, 0.1) is 6.92 Å². The smallest absolute Gasteiger partial charge is 0.342 e. The second-order valence-corrected chi connectivity index (χ2v) is 4.53. The second kappa shape index (κ2) is 4.00. The zero-order valence-corrected chi connectivity index (χ0v) is 9.73. The van der Waals surface area contributed by atoms with Gasteiger partial charge in [0.1, 0.15) is 5.58 Å². The lowest BCUT2D eigenvalue weighted by Crippen LogP contribution is -2.11. The number of ether oxygens (including phenoxy) is 1. The van der Waals surface area contributed by atoms with Crippen LogP contribution in [0.5, 0.6) is 0 Å². The zero-order valence-electron chi connectivity index (χ0n) is 9.73. The van der Waals surface area contributed by atoms with Crippen LogP contribution < -0.4 is 5.63 Å². The summed E-state index contributed by atoms with van der Waals surface area (Å²) in [5.41, 5.74) is 2.12. The van der Waals surface area contributed by atoms with Crippen LogP contribution in [0.3, 0.4) is 0 Å². The Morgan fingerprint density at radius 3 is 2.94 bits per heavy atom. The summed E-state index contributed by atoms with van der Waals surface area (Å²) in [7, 11) is 0. The molecule has 2 aromatic rings. The minimum atomic E-state index is -0.269. The van der Waals surface area contributed by atoms with Gasteiger partial charge in [-0.25, -0.2) is 4.79 Å². The van der Waals surface area contributed by atoms with Crippen molar-refractivity contribution in [2.45, 2.75) is 25.9 Å². The number of rotatable bonds is 1. The first kappa shape index (κ1) is 10.5. The first-order valence-electron chi connectivity index (χ1n) is 5.90. The minimum absolute atomic E-state index is 0.0862. The lowest BCUT2D eigenvalue weighted by molar-refractivity contribution is 0.109. The number of hydrogen-bond acceptors (Lipinski definition) is 3. The fourth-order valence-corrected chi connectivity index (χ4v) is 2.28. The van der Waals surface area contributed by atoms with Gasteiger partial charge in [0.25, 0.3) is 0 Å². The molecule has 1 fully saturated rings. The zero-order chi connectivity index (χ0) is 11.8. The van der Waals surface area contributed by atoms with Crippen molar-refractivity contribution in [3.05, 3.63) is 45.8 Å². The fourth-order valence-electron chi connectivity index (χ4n) is 2.28. The van der Waals surface area contributed by atoms with E-state index < -0.39 is 0 Å². The highest BCUT2D eigenvalue weighted by Gasteiger charge is 2.21. The van der Waals surface area contributed by atoms with E-state index in [0.29, 0.717) is 11.1 Å². The first-order valence-corrected chi connectivity index (χ1v) is 5.90. The predicted molar refractivity (Wildman–Crippen MR) is 65.1 cm³/mol. The third-order valence-electron chi connectivity index (χ3n) is 3.19. The van der Waals surface area contributed by atoms with Gasteiger partial charge in [-0.3, -0.25) is 0 Å². The van der Waals surface area contributed by atoms with E-state index in [4.69, 9.17) is 9.15 Å². The number of aryl methyl sites for hydroxylation is 1. The maximum atomic E-state index is 11.9. The minimum Gasteiger partial charge on any atom is -0.422 e. The Kier molecular flexibility index (Phi) is 2.48. The molecular weight excluding hydrogens is 216 g/mol. The van der Waals surface area contributed by atoms with Gasteiger partial charge in [-0.2, -0.15) is 0 Å². The molecule has 1 aromatic carbocycles. The highest BCUT2D eigenvalue weighted by atomic mass is 16.5. The molecule has 17 heavy (non-hydrogen) atoms. The average Bonchev–Trinajstić information content (AvgIpc) is 2.81. The Balaban J connectivity index is 2.16. The van der Waals surface area contributed by atoms with E-state index in [1.165, 1.54) is 0 Å². The van der Waals surface area contributed by atoms with Crippen molar-refractivity contribution in [2.24, 2.45) is 0 Å². The van der Waals surface area contributed by atoms with Crippen molar-refractivity contribution >= 4 is 11.0 Å². The monoisotopic (exact) mass is 230 g/mol. The van der Waals surface area contributed by atoms with E-state index in [-0.39, 0.29) is 11.7 Å². The lowest BCUT2D eigenvalue weighted by atomic mass is 10.1. The quantitative estimate of drug-likeness (QED) is 0.707. The summed E-state index contributed by atoms with van der Waals surface area (Å²) in [6.07, 6.45) is 1.83. The molecule has 0 bridgehead atoms. The molecular formula is C14H14O3. The fraction of sp³-hybridized carbons (Fsp3) is 0.357. The third-order valence-corrected chi connectivity index (χ3v) is 3.19. The molecule has 1 saturated heterocycles. The van der Waals surface area contributed by atoms with Gasteiger partial charge in [-0.15, -0.1) is 0 Å². The standard InChI is InChI=1S/C14H14O3/c1-9-4-5-10-8-11(12-3-2-6-16-12)14(15)17-13(10)7-9/h4-5,7-8,12H,2-3,6H2,1H3. The van der Waals surface area contributed by atoms with Crippen molar-refractivity contribution in [3.63, 3.8) is 0 Å². The lowest BCUT2D eigenvalue weighted by Gasteiger charge is -2.08. The summed E-state index contributed by atoms with van der Waals surface area (Å²) in [6.45, 7) is 2.71. The Bertz CT molecular complexity index is 606. The Hall–Kier alpha value is -1.61. The summed E-state index contributed by atoms with van der Waals surface area (Å²) in [5, 5.41) is 0.959. The van der Waals surface area contributed by atoms with Gasteiger partial charge in [-0.05, 0) is 37.5 Å². The van der Waals surface area contributed by atoms with E-state index >= 15 is 0 Å². The molecule has 0 spiro atoms. The molecule has 1 unspecified atom stereocenters. The number of hydrogen-bond donors (Lipinski definition) is 0. The average molecular weight is 230 g/mol. The molecule has 3 heteroatoms. The van der Waals surface area contributed by atoms with Crippen molar-refractivity contribution in [1.29, 1.82) is 0 Å². The van der Waals surface area contributed by atoms with Crippen molar-refractivity contribution in [1.82, 2.24) is 0 Å². The second-order valence-electron chi connectivity index (χ2n) is 4.53. The highest BCUT2D eigenvalue weighted by molar-refractivity contribution is 5.77. The van der Waals surface area contributed by atoms with Crippen LogP contribution >= 0.6 is 0 Å². The topological polar surface area (TPSA) is 39.4 Å². The van der Waals surface area contributed by atoms with Crippen molar-refractivity contribution < 1.29 is 9.15 Å². The van der Waals surface area contributed by atoms with Gasteiger partial charge in [0, 0.05) is 12.0 Å². The molecule has 1 aromatic heterocycles. The van der Waals surface area contributed by atoms with Gasteiger partial charge in [0.2, 0.25) is 0 Å². The van der Waals surface area contributed by atoms with Crippen LogP contribution in [0.15, 0.2) is 33.5 Å². The largest absolute Gasteiger partial charge is 0.422 e. The summed E-state index contributed by atoms with van der Waals surface area (Å²) >= 11 is 0. The summed E-state index contributed by atoms with van der Waals surface area (Å²) in [6, 6.07) is 7.78. The Labute approximate surface area is 99.0 Å². The molecule has 0 amide bonds. The molecule has 0 radical (unpaired) electrons. The SMILES string of the molecule is Cc1ccc2cc(C3CCCO3)c(=O)oc2c1. The van der Waals surface area contributed by atoms with E-state index in [1.807, 2.05) is 31.2 Å². The molecule has 1 atom stereocenters. The number of fused-ring (bicyclic) bond motifs is 1. The summed E-state index contributed by atoms with van der Waals surface area (Å²) in [5.74, 6) is 0. The third kappa shape index (κ3) is 1.87. The van der Waals surface area contributed by atoms with E-state index in [9.17, 15) is 4.79 Å². The molecule has 0 N–H and O–H groups in total. The van der Waals surface area contributed by atoms with Gasteiger partial charge >= 0.3 is 5.63 Å². The van der Waals surface area contributed by atoms with Crippen molar-refractivity contribution in [2.75, 3.05) is 6.61 Å². The molecule has 0 saturated carbocycles. The highest BCUT2D eigenvalue weighted by Crippen LogP contribution is 2.28. The van der Waals surface area contributed by atoms with Crippen LogP contribution in [-0.2, 0) is 4.74 Å². The predicted octanol–water partition coefficient (Wildman–Crippen LogP) is 2.95. The maximum absolute atomic E-state index is 11.9. The normalized spacial score (nSPS) is 19.9. The molecule has 1 aliphatic heterocycles. The maximum Gasteiger partial charge on any atom is 0.342 e. The van der Waals surface area contributed by atoms with Gasteiger partial charge in [0.15, 0.2) is 0 Å². The van der Waals surface area contributed by atoms with E-state index in [0.717, 1.165) is 30.4 Å². The van der Waals surface area contributed by atoms with Gasteiger partial charge in [-0.1, -0.05) is 12.1 Å². The van der Waals surface area contributed by atoms with Crippen LogP contribution in [0.1, 0.15) is 30.1 Å². The van der Waals surface area contributed by atoms with Crippen molar-refractivity contribution in [3.8, 4) is 0 Å². The van der Waals surface area contributed by atoms with Gasteiger partial charge in [0.05, 0.1) is 11.7 Å². The summed E-state index contributed by atoms with van der Waals surface area (Å²) in [4.78, 5) is 11.9. The van der Waals surface area contributed by atoms with E-state index in [1.54, 1.807) is 0 Å². The molecule has 2 heterocycles. The van der Waals surface area contributed by atoms with Crippen LogP contribution in [0.2, 0.25) is 0 Å². The first-order chi connectivity index (χ1) is 8.24. The van der Waals surface area contributed by atoms with Crippen LogP contribution in [0.25, 0.3) is 11.0 Å². The molecule has 1 aliphatic rings. The Morgan fingerprint density at radius 2 is 2.18 bits per heavy atom. The van der Waals surface area contributed by atoms with E-state index in [2.05, 4.69) is 0 Å². The Morgan fingerprint density at radius 1 is 1.29 bits per heavy atom. The molecule has 88 valence electrons. The van der Waals surface area contributed by atoms with Gasteiger partial charge < -0.3 is 9.15 Å².